The zero-order valence-corrected chi connectivity index (χ0v) is 14.5. The third-order valence-corrected chi connectivity index (χ3v) is 3.58. The Hall–Kier alpha value is -2.69. The van der Waals surface area contributed by atoms with Crippen molar-refractivity contribution in [2.75, 3.05) is 26.1 Å². The zero-order valence-electron chi connectivity index (χ0n) is 14.5. The molecule has 128 valence electrons. The maximum Gasteiger partial charge on any atom is 0.262 e. The lowest BCUT2D eigenvalue weighted by Crippen LogP contribution is -2.20. The molecule has 0 fully saturated rings. The van der Waals surface area contributed by atoms with Crippen molar-refractivity contribution >= 4 is 11.6 Å². The van der Waals surface area contributed by atoms with Gasteiger partial charge in [-0.15, -0.1) is 0 Å². The van der Waals surface area contributed by atoms with Gasteiger partial charge in [0.2, 0.25) is 0 Å². The zero-order chi connectivity index (χ0) is 17.5. The number of rotatable bonds is 7. The molecule has 0 spiro atoms. The molecule has 0 saturated heterocycles. The van der Waals surface area contributed by atoms with Crippen molar-refractivity contribution < 1.29 is 19.0 Å². The number of carbonyl (C=O) groups is 1. The third kappa shape index (κ3) is 4.65. The molecule has 0 heterocycles. The first-order chi connectivity index (χ1) is 11.5. The molecule has 24 heavy (non-hydrogen) atoms. The SMILES string of the molecule is COc1ccc(NC(=O)COc2cccc(C(C)C)c2)c(OC)c1. The van der Waals surface area contributed by atoms with Crippen LogP contribution in [0.5, 0.6) is 17.2 Å². The minimum absolute atomic E-state index is 0.0727. The Bertz CT molecular complexity index is 698. The number of carbonyl (C=O) groups excluding carboxylic acids is 1. The molecule has 0 unspecified atom stereocenters. The largest absolute Gasteiger partial charge is 0.497 e. The summed E-state index contributed by atoms with van der Waals surface area (Å²) in [4.78, 5) is 12.1. The second kappa shape index (κ2) is 8.24. The molecule has 0 radical (unpaired) electrons. The summed E-state index contributed by atoms with van der Waals surface area (Å²) >= 11 is 0. The smallest absolute Gasteiger partial charge is 0.262 e. The highest BCUT2D eigenvalue weighted by Gasteiger charge is 2.10. The molecular weight excluding hydrogens is 306 g/mol. The fourth-order valence-electron chi connectivity index (χ4n) is 2.20. The van der Waals surface area contributed by atoms with E-state index in [9.17, 15) is 4.79 Å². The fraction of sp³-hybridized carbons (Fsp3) is 0.316. The Morgan fingerprint density at radius 3 is 2.50 bits per heavy atom. The monoisotopic (exact) mass is 329 g/mol. The van der Waals surface area contributed by atoms with Crippen LogP contribution in [0.2, 0.25) is 0 Å². The molecule has 1 amide bonds. The van der Waals surface area contributed by atoms with E-state index < -0.39 is 0 Å². The second-order valence-corrected chi connectivity index (χ2v) is 5.63. The molecule has 0 saturated carbocycles. The molecular formula is C19H23NO4. The van der Waals surface area contributed by atoms with Crippen molar-refractivity contribution in [3.05, 3.63) is 48.0 Å². The van der Waals surface area contributed by atoms with Gasteiger partial charge in [-0.2, -0.15) is 0 Å². The van der Waals surface area contributed by atoms with Gasteiger partial charge >= 0.3 is 0 Å². The van der Waals surface area contributed by atoms with E-state index >= 15 is 0 Å². The van der Waals surface area contributed by atoms with Crippen LogP contribution in [0.15, 0.2) is 42.5 Å². The van der Waals surface area contributed by atoms with Gasteiger partial charge in [0.25, 0.3) is 5.91 Å². The van der Waals surface area contributed by atoms with Gasteiger partial charge in [-0.25, -0.2) is 0 Å². The quantitative estimate of drug-likeness (QED) is 0.838. The van der Waals surface area contributed by atoms with Crippen LogP contribution >= 0.6 is 0 Å². The molecule has 0 aromatic heterocycles. The van der Waals surface area contributed by atoms with Crippen LogP contribution in [0.3, 0.4) is 0 Å². The first-order valence-electron chi connectivity index (χ1n) is 7.78. The van der Waals surface area contributed by atoms with Crippen LogP contribution in [0.1, 0.15) is 25.3 Å². The summed E-state index contributed by atoms with van der Waals surface area (Å²) in [5.74, 6) is 2.02. The van der Waals surface area contributed by atoms with E-state index in [0.29, 0.717) is 28.9 Å². The number of benzene rings is 2. The number of hydrogen-bond acceptors (Lipinski definition) is 4. The number of amides is 1. The van der Waals surface area contributed by atoms with Crippen molar-refractivity contribution in [1.82, 2.24) is 0 Å². The average molecular weight is 329 g/mol. The normalized spacial score (nSPS) is 10.4. The van der Waals surface area contributed by atoms with E-state index in [0.717, 1.165) is 0 Å². The fourth-order valence-corrected chi connectivity index (χ4v) is 2.20. The lowest BCUT2D eigenvalue weighted by molar-refractivity contribution is -0.118. The topological polar surface area (TPSA) is 56.8 Å². The van der Waals surface area contributed by atoms with Gasteiger partial charge in [-0.1, -0.05) is 26.0 Å². The van der Waals surface area contributed by atoms with Gasteiger partial charge in [0.15, 0.2) is 6.61 Å². The predicted octanol–water partition coefficient (Wildman–Crippen LogP) is 3.84. The van der Waals surface area contributed by atoms with E-state index in [4.69, 9.17) is 14.2 Å². The summed E-state index contributed by atoms with van der Waals surface area (Å²) in [5.41, 5.74) is 1.74. The summed E-state index contributed by atoms with van der Waals surface area (Å²) in [6, 6.07) is 13.0. The lowest BCUT2D eigenvalue weighted by Gasteiger charge is -2.13. The Labute approximate surface area is 142 Å². The van der Waals surface area contributed by atoms with Gasteiger partial charge < -0.3 is 19.5 Å². The van der Waals surface area contributed by atoms with Crippen LogP contribution < -0.4 is 19.5 Å². The van der Waals surface area contributed by atoms with Crippen molar-refractivity contribution in [3.63, 3.8) is 0 Å². The summed E-state index contributed by atoms with van der Waals surface area (Å²) in [7, 11) is 3.12. The van der Waals surface area contributed by atoms with Crippen LogP contribution in [-0.2, 0) is 4.79 Å². The van der Waals surface area contributed by atoms with E-state index in [1.54, 1.807) is 32.4 Å². The Morgan fingerprint density at radius 1 is 1.04 bits per heavy atom. The first kappa shape index (κ1) is 17.7. The Kier molecular flexibility index (Phi) is 6.07. The van der Waals surface area contributed by atoms with Gasteiger partial charge in [0.05, 0.1) is 19.9 Å². The van der Waals surface area contributed by atoms with Crippen molar-refractivity contribution in [2.45, 2.75) is 19.8 Å². The molecule has 0 atom stereocenters. The number of ether oxygens (including phenoxy) is 3. The minimum Gasteiger partial charge on any atom is -0.497 e. The van der Waals surface area contributed by atoms with Gasteiger partial charge in [0.1, 0.15) is 17.2 Å². The van der Waals surface area contributed by atoms with E-state index in [1.165, 1.54) is 5.56 Å². The molecule has 2 rings (SSSR count). The Balaban J connectivity index is 1.97. The summed E-state index contributed by atoms with van der Waals surface area (Å²) in [5, 5.41) is 2.78. The first-order valence-corrected chi connectivity index (χ1v) is 7.78. The summed E-state index contributed by atoms with van der Waals surface area (Å²) < 4.78 is 16.0. The second-order valence-electron chi connectivity index (χ2n) is 5.63. The maximum absolute atomic E-state index is 12.1. The van der Waals surface area contributed by atoms with E-state index in [-0.39, 0.29) is 12.5 Å². The molecule has 0 aliphatic rings. The van der Waals surface area contributed by atoms with Crippen LogP contribution in [0, 0.1) is 0 Å². The lowest BCUT2D eigenvalue weighted by atomic mass is 10.0. The highest BCUT2D eigenvalue weighted by atomic mass is 16.5. The number of methoxy groups -OCH3 is 2. The molecule has 2 aromatic rings. The standard InChI is InChI=1S/C19H23NO4/c1-13(2)14-6-5-7-16(10-14)24-12-19(21)20-17-9-8-15(22-3)11-18(17)23-4/h5-11,13H,12H2,1-4H3,(H,20,21). The summed E-state index contributed by atoms with van der Waals surface area (Å²) in [6.07, 6.45) is 0. The summed E-state index contributed by atoms with van der Waals surface area (Å²) in [6.45, 7) is 4.15. The molecule has 0 aliphatic carbocycles. The van der Waals surface area contributed by atoms with Crippen LogP contribution in [0.4, 0.5) is 5.69 Å². The number of nitrogens with one attached hydrogen (secondary N) is 1. The van der Waals surface area contributed by atoms with Gasteiger partial charge in [0, 0.05) is 6.07 Å². The number of hydrogen-bond donors (Lipinski definition) is 1. The average Bonchev–Trinajstić information content (AvgIpc) is 2.60. The van der Waals surface area contributed by atoms with Gasteiger partial charge in [-0.3, -0.25) is 4.79 Å². The molecule has 5 nitrogen and oxygen atoms in total. The molecule has 1 N–H and O–H groups in total. The highest BCUT2D eigenvalue weighted by Crippen LogP contribution is 2.29. The molecule has 0 aliphatic heterocycles. The number of anilines is 1. The van der Waals surface area contributed by atoms with E-state index in [2.05, 4.69) is 19.2 Å². The molecule has 0 bridgehead atoms. The van der Waals surface area contributed by atoms with Crippen LogP contribution in [-0.4, -0.2) is 26.7 Å². The molecule has 2 aromatic carbocycles. The van der Waals surface area contributed by atoms with Crippen LogP contribution in [0.25, 0.3) is 0 Å². The molecule has 5 heteroatoms. The minimum atomic E-state index is -0.256. The van der Waals surface area contributed by atoms with Crippen molar-refractivity contribution in [2.24, 2.45) is 0 Å². The maximum atomic E-state index is 12.1. The van der Waals surface area contributed by atoms with Gasteiger partial charge in [-0.05, 0) is 35.7 Å². The highest BCUT2D eigenvalue weighted by molar-refractivity contribution is 5.93. The van der Waals surface area contributed by atoms with Crippen molar-refractivity contribution in [1.29, 1.82) is 0 Å². The van der Waals surface area contributed by atoms with E-state index in [1.807, 2.05) is 24.3 Å². The third-order valence-electron chi connectivity index (χ3n) is 3.58. The van der Waals surface area contributed by atoms with Crippen molar-refractivity contribution in [3.8, 4) is 17.2 Å². The predicted molar refractivity (Wildman–Crippen MR) is 94.2 cm³/mol. The Morgan fingerprint density at radius 2 is 1.83 bits per heavy atom.